The number of rotatable bonds is 8. The standard InChI is InChI=1S/C28H28N2O5/c1-17(26(31)30-20-13-11-19(12-14-20)18(2)27(32)33)15-29-28(34)35-16-25-23-9-5-3-7-21(23)22-8-4-6-10-24(22)25/h3-14,17-18,25H,15-16H2,1-2H3,(H,29,34)(H,30,31)(H,32,33). The predicted octanol–water partition coefficient (Wildman–Crippen LogP) is 4.99. The van der Waals surface area contributed by atoms with Gasteiger partial charge >= 0.3 is 12.1 Å². The second-order valence-corrected chi connectivity index (χ2v) is 8.78. The topological polar surface area (TPSA) is 105 Å². The number of carbonyl (C=O) groups is 3. The number of aliphatic carboxylic acids is 1. The highest BCUT2D eigenvalue weighted by Gasteiger charge is 2.29. The van der Waals surface area contributed by atoms with Crippen molar-refractivity contribution in [3.63, 3.8) is 0 Å². The van der Waals surface area contributed by atoms with Gasteiger partial charge in [0.25, 0.3) is 0 Å². The van der Waals surface area contributed by atoms with Crippen LogP contribution in [-0.4, -0.2) is 36.2 Å². The molecule has 0 fully saturated rings. The van der Waals surface area contributed by atoms with Crippen LogP contribution in [0.25, 0.3) is 11.1 Å². The lowest BCUT2D eigenvalue weighted by Gasteiger charge is -2.16. The Morgan fingerprint density at radius 3 is 2.03 bits per heavy atom. The van der Waals surface area contributed by atoms with Crippen molar-refractivity contribution in [3.05, 3.63) is 89.5 Å². The summed E-state index contributed by atoms with van der Waals surface area (Å²) in [5, 5.41) is 14.6. The van der Waals surface area contributed by atoms with E-state index >= 15 is 0 Å². The minimum atomic E-state index is -0.908. The van der Waals surface area contributed by atoms with Gasteiger partial charge in [-0.3, -0.25) is 9.59 Å². The summed E-state index contributed by atoms with van der Waals surface area (Å²) in [5.41, 5.74) is 5.81. The second-order valence-electron chi connectivity index (χ2n) is 8.78. The van der Waals surface area contributed by atoms with E-state index in [9.17, 15) is 14.4 Å². The number of amides is 2. The van der Waals surface area contributed by atoms with E-state index in [1.54, 1.807) is 38.1 Å². The van der Waals surface area contributed by atoms with Crippen LogP contribution in [0.5, 0.6) is 0 Å². The molecule has 7 nitrogen and oxygen atoms in total. The average Bonchev–Trinajstić information content (AvgIpc) is 3.19. The molecule has 0 saturated carbocycles. The van der Waals surface area contributed by atoms with Gasteiger partial charge in [0.1, 0.15) is 6.61 Å². The Labute approximate surface area is 204 Å². The van der Waals surface area contributed by atoms with Crippen molar-refractivity contribution in [1.82, 2.24) is 5.32 Å². The van der Waals surface area contributed by atoms with Crippen molar-refractivity contribution >= 4 is 23.7 Å². The zero-order valence-electron chi connectivity index (χ0n) is 19.7. The molecule has 3 N–H and O–H groups in total. The summed E-state index contributed by atoms with van der Waals surface area (Å²) in [6.45, 7) is 3.64. The first-order valence-corrected chi connectivity index (χ1v) is 11.6. The maximum atomic E-state index is 12.5. The van der Waals surface area contributed by atoms with Gasteiger partial charge in [0.15, 0.2) is 0 Å². The first kappa shape index (κ1) is 24.0. The number of carboxylic acid groups (broad SMARTS) is 1. The third-order valence-electron chi connectivity index (χ3n) is 6.39. The van der Waals surface area contributed by atoms with Crippen LogP contribution >= 0.6 is 0 Å². The second kappa shape index (κ2) is 10.4. The molecule has 35 heavy (non-hydrogen) atoms. The van der Waals surface area contributed by atoms with Crippen LogP contribution in [0.2, 0.25) is 0 Å². The summed E-state index contributed by atoms with van der Waals surface area (Å²) < 4.78 is 5.51. The molecule has 0 aromatic heterocycles. The van der Waals surface area contributed by atoms with E-state index in [1.165, 1.54) is 0 Å². The molecule has 180 valence electrons. The fourth-order valence-electron chi connectivity index (χ4n) is 4.24. The molecule has 4 rings (SSSR count). The zero-order valence-corrected chi connectivity index (χ0v) is 19.7. The first-order chi connectivity index (χ1) is 16.8. The lowest BCUT2D eigenvalue weighted by Crippen LogP contribution is -2.35. The van der Waals surface area contributed by atoms with Gasteiger partial charge in [-0.25, -0.2) is 4.79 Å². The number of fused-ring (bicyclic) bond motifs is 3. The monoisotopic (exact) mass is 472 g/mol. The van der Waals surface area contributed by atoms with Gasteiger partial charge in [-0.15, -0.1) is 0 Å². The van der Waals surface area contributed by atoms with Crippen LogP contribution < -0.4 is 10.6 Å². The molecule has 0 bridgehead atoms. The lowest BCUT2D eigenvalue weighted by molar-refractivity contribution is -0.138. The summed E-state index contributed by atoms with van der Waals surface area (Å²) in [6, 6.07) is 22.9. The smallest absolute Gasteiger partial charge is 0.407 e. The number of benzene rings is 3. The van der Waals surface area contributed by atoms with E-state index in [4.69, 9.17) is 9.84 Å². The van der Waals surface area contributed by atoms with Crippen molar-refractivity contribution in [2.24, 2.45) is 5.92 Å². The molecule has 7 heteroatoms. The Hall–Kier alpha value is -4.13. The largest absolute Gasteiger partial charge is 0.481 e. The van der Waals surface area contributed by atoms with Crippen LogP contribution in [-0.2, 0) is 14.3 Å². The number of hydrogen-bond donors (Lipinski definition) is 3. The molecule has 2 atom stereocenters. The normalized spacial score (nSPS) is 13.8. The van der Waals surface area contributed by atoms with Gasteiger partial charge in [0, 0.05) is 18.2 Å². The SMILES string of the molecule is CC(CNC(=O)OCC1c2ccccc2-c2ccccc21)C(=O)Nc1ccc(C(C)C(=O)O)cc1. The van der Waals surface area contributed by atoms with Crippen LogP contribution in [0.3, 0.4) is 0 Å². The number of alkyl carbamates (subject to hydrolysis) is 1. The van der Waals surface area contributed by atoms with E-state index in [1.807, 2.05) is 24.3 Å². The molecule has 0 aliphatic heterocycles. The highest BCUT2D eigenvalue weighted by Crippen LogP contribution is 2.44. The molecule has 0 heterocycles. The molecule has 0 spiro atoms. The van der Waals surface area contributed by atoms with Gasteiger partial charge in [-0.2, -0.15) is 0 Å². The highest BCUT2D eigenvalue weighted by atomic mass is 16.5. The van der Waals surface area contributed by atoms with Crippen LogP contribution in [0.15, 0.2) is 72.8 Å². The average molecular weight is 473 g/mol. The van der Waals surface area contributed by atoms with Crippen LogP contribution in [0, 0.1) is 5.92 Å². The number of hydrogen-bond acceptors (Lipinski definition) is 4. The van der Waals surface area contributed by atoms with E-state index in [0.717, 1.165) is 22.3 Å². The Morgan fingerprint density at radius 2 is 1.46 bits per heavy atom. The fraction of sp³-hybridized carbons (Fsp3) is 0.250. The summed E-state index contributed by atoms with van der Waals surface area (Å²) >= 11 is 0. The number of nitrogens with one attached hydrogen (secondary N) is 2. The Morgan fingerprint density at radius 1 is 0.886 bits per heavy atom. The van der Waals surface area contributed by atoms with Gasteiger partial charge in [-0.1, -0.05) is 67.6 Å². The van der Waals surface area contributed by atoms with Crippen molar-refractivity contribution < 1.29 is 24.2 Å². The highest BCUT2D eigenvalue weighted by molar-refractivity contribution is 5.92. The van der Waals surface area contributed by atoms with Crippen molar-refractivity contribution in [1.29, 1.82) is 0 Å². The zero-order chi connectivity index (χ0) is 24.9. The van der Waals surface area contributed by atoms with E-state index in [0.29, 0.717) is 11.3 Å². The third-order valence-corrected chi connectivity index (χ3v) is 6.39. The maximum Gasteiger partial charge on any atom is 0.407 e. The van der Waals surface area contributed by atoms with Gasteiger partial charge in [0.2, 0.25) is 5.91 Å². The number of carboxylic acids is 1. The lowest BCUT2D eigenvalue weighted by atomic mass is 9.98. The number of anilines is 1. The Kier molecular flexibility index (Phi) is 7.15. The minimum absolute atomic E-state index is 0.0271. The summed E-state index contributed by atoms with van der Waals surface area (Å²) in [6.07, 6.45) is -0.571. The van der Waals surface area contributed by atoms with E-state index in [-0.39, 0.29) is 25.0 Å². The molecule has 1 aliphatic carbocycles. The van der Waals surface area contributed by atoms with Crippen molar-refractivity contribution in [3.8, 4) is 11.1 Å². The molecule has 0 radical (unpaired) electrons. The number of ether oxygens (including phenoxy) is 1. The molecule has 2 unspecified atom stereocenters. The first-order valence-electron chi connectivity index (χ1n) is 11.6. The summed E-state index contributed by atoms with van der Waals surface area (Å²) in [7, 11) is 0. The van der Waals surface area contributed by atoms with Gasteiger partial charge < -0.3 is 20.5 Å². The van der Waals surface area contributed by atoms with E-state index < -0.39 is 23.9 Å². The molecule has 2 amide bonds. The minimum Gasteiger partial charge on any atom is -0.481 e. The van der Waals surface area contributed by atoms with Crippen LogP contribution in [0.1, 0.15) is 42.4 Å². The quantitative estimate of drug-likeness (QED) is 0.429. The summed E-state index contributed by atoms with van der Waals surface area (Å²) in [4.78, 5) is 35.9. The molecule has 3 aromatic rings. The van der Waals surface area contributed by atoms with Crippen LogP contribution in [0.4, 0.5) is 10.5 Å². The summed E-state index contributed by atoms with van der Waals surface area (Å²) in [5.74, 6) is -2.31. The van der Waals surface area contributed by atoms with Crippen molar-refractivity contribution in [2.45, 2.75) is 25.7 Å². The van der Waals surface area contributed by atoms with Gasteiger partial charge in [0.05, 0.1) is 11.8 Å². The maximum absolute atomic E-state index is 12.5. The predicted molar refractivity (Wildman–Crippen MR) is 133 cm³/mol. The van der Waals surface area contributed by atoms with Gasteiger partial charge in [-0.05, 0) is 46.9 Å². The molecular weight excluding hydrogens is 444 g/mol. The molecule has 1 aliphatic rings. The Bertz CT molecular complexity index is 1190. The molecule has 3 aromatic carbocycles. The fourth-order valence-corrected chi connectivity index (χ4v) is 4.24. The van der Waals surface area contributed by atoms with E-state index in [2.05, 4.69) is 34.9 Å². The number of carbonyl (C=O) groups excluding carboxylic acids is 2. The third kappa shape index (κ3) is 5.35. The molecule has 0 saturated heterocycles. The van der Waals surface area contributed by atoms with Crippen molar-refractivity contribution in [2.75, 3.05) is 18.5 Å². The molecular formula is C28H28N2O5. The Balaban J connectivity index is 1.27.